The minimum Gasteiger partial charge on any atom is -0.443 e. The number of amides is 1. The van der Waals surface area contributed by atoms with Crippen LogP contribution in [0.2, 0.25) is 0 Å². The van der Waals surface area contributed by atoms with E-state index in [0.29, 0.717) is 18.0 Å². The number of oxazole rings is 1. The maximum Gasteiger partial charge on any atom is 0.274 e. The van der Waals surface area contributed by atoms with Crippen molar-refractivity contribution in [2.24, 2.45) is 0 Å². The zero-order valence-electron chi connectivity index (χ0n) is 12.6. The van der Waals surface area contributed by atoms with Crippen LogP contribution in [0.25, 0.3) is 11.3 Å². The van der Waals surface area contributed by atoms with Gasteiger partial charge in [0, 0.05) is 18.7 Å². The normalized spacial score (nSPS) is 14.5. The van der Waals surface area contributed by atoms with Gasteiger partial charge in [0.2, 0.25) is 0 Å². The van der Waals surface area contributed by atoms with Gasteiger partial charge in [-0.05, 0) is 19.9 Å². The molecule has 2 heterocycles. The summed E-state index contributed by atoms with van der Waals surface area (Å²) in [5.41, 5.74) is 3.59. The summed E-state index contributed by atoms with van der Waals surface area (Å²) in [6, 6.07) is 7.84. The first kappa shape index (κ1) is 14.5. The first-order valence-electron chi connectivity index (χ1n) is 7.41. The number of nitrogens with one attached hydrogen (secondary N) is 2. The Morgan fingerprint density at radius 3 is 2.91 bits per heavy atom. The minimum absolute atomic E-state index is 0.205. The Hall–Kier alpha value is -2.40. The molecule has 2 N–H and O–H groups in total. The Bertz CT molecular complexity index is 686. The molecule has 0 aliphatic carbocycles. The summed E-state index contributed by atoms with van der Waals surface area (Å²) < 4.78 is 5.41. The SMILES string of the molecule is Cc1ccc(-c2ocnc2C(=O)NCC2=CCNCC2)cc1. The molecule has 5 heteroatoms. The number of benzene rings is 1. The van der Waals surface area contributed by atoms with Crippen molar-refractivity contribution in [2.75, 3.05) is 19.6 Å². The second-order valence-corrected chi connectivity index (χ2v) is 5.40. The second kappa shape index (κ2) is 6.58. The molecule has 0 radical (unpaired) electrons. The van der Waals surface area contributed by atoms with E-state index in [2.05, 4.69) is 21.7 Å². The number of aryl methyl sites for hydroxylation is 1. The summed E-state index contributed by atoms with van der Waals surface area (Å²) in [5.74, 6) is 0.306. The summed E-state index contributed by atoms with van der Waals surface area (Å²) in [4.78, 5) is 16.4. The fraction of sp³-hybridized carbons (Fsp3) is 0.294. The molecule has 1 aromatic heterocycles. The lowest BCUT2D eigenvalue weighted by Gasteiger charge is -2.14. The van der Waals surface area contributed by atoms with E-state index in [1.165, 1.54) is 12.0 Å². The Kier molecular flexibility index (Phi) is 4.34. The molecule has 0 fully saturated rings. The number of hydrogen-bond donors (Lipinski definition) is 2. The molecule has 0 spiro atoms. The van der Waals surface area contributed by atoms with Gasteiger partial charge in [0.25, 0.3) is 5.91 Å². The highest BCUT2D eigenvalue weighted by atomic mass is 16.3. The van der Waals surface area contributed by atoms with E-state index in [4.69, 9.17) is 4.42 Å². The molecule has 2 aromatic rings. The van der Waals surface area contributed by atoms with Crippen LogP contribution in [0.15, 0.2) is 46.7 Å². The van der Waals surface area contributed by atoms with Crippen LogP contribution in [0.5, 0.6) is 0 Å². The fourth-order valence-corrected chi connectivity index (χ4v) is 2.43. The molecule has 0 saturated heterocycles. The summed E-state index contributed by atoms with van der Waals surface area (Å²) in [6.45, 7) is 4.40. The molecule has 0 bridgehead atoms. The van der Waals surface area contributed by atoms with Crippen LogP contribution in [0.3, 0.4) is 0 Å². The summed E-state index contributed by atoms with van der Waals surface area (Å²) in [5, 5.41) is 6.17. The van der Waals surface area contributed by atoms with Gasteiger partial charge in [-0.2, -0.15) is 0 Å². The van der Waals surface area contributed by atoms with Gasteiger partial charge in [0.15, 0.2) is 17.8 Å². The van der Waals surface area contributed by atoms with E-state index in [1.807, 2.05) is 31.2 Å². The van der Waals surface area contributed by atoms with Gasteiger partial charge in [-0.1, -0.05) is 41.5 Å². The highest BCUT2D eigenvalue weighted by Crippen LogP contribution is 2.23. The molecule has 3 rings (SSSR count). The van der Waals surface area contributed by atoms with E-state index < -0.39 is 0 Å². The van der Waals surface area contributed by atoms with E-state index >= 15 is 0 Å². The fourth-order valence-electron chi connectivity index (χ4n) is 2.43. The van der Waals surface area contributed by atoms with Crippen LogP contribution in [0, 0.1) is 6.92 Å². The standard InChI is InChI=1S/C17H19N3O2/c1-12-2-4-14(5-3-12)16-15(20-11-22-16)17(21)19-10-13-6-8-18-9-7-13/h2-6,11,18H,7-10H2,1H3,(H,19,21). The molecule has 5 nitrogen and oxygen atoms in total. The van der Waals surface area contributed by atoms with Gasteiger partial charge < -0.3 is 15.1 Å². The Balaban J connectivity index is 1.72. The number of nitrogens with zero attached hydrogens (tertiary/aromatic N) is 1. The highest BCUT2D eigenvalue weighted by molar-refractivity contribution is 5.97. The minimum atomic E-state index is -0.205. The summed E-state index contributed by atoms with van der Waals surface area (Å²) >= 11 is 0. The third-order valence-electron chi connectivity index (χ3n) is 3.73. The predicted octanol–water partition coefficient (Wildman–Crippen LogP) is 2.30. The lowest BCUT2D eigenvalue weighted by atomic mass is 10.1. The number of hydrogen-bond acceptors (Lipinski definition) is 4. The molecule has 1 aliphatic heterocycles. The van der Waals surface area contributed by atoms with E-state index in [0.717, 1.165) is 30.6 Å². The smallest absolute Gasteiger partial charge is 0.274 e. The topological polar surface area (TPSA) is 67.2 Å². The molecule has 1 aromatic carbocycles. The van der Waals surface area contributed by atoms with Crippen molar-refractivity contribution in [1.29, 1.82) is 0 Å². The first-order valence-corrected chi connectivity index (χ1v) is 7.41. The second-order valence-electron chi connectivity index (χ2n) is 5.40. The van der Waals surface area contributed by atoms with E-state index in [-0.39, 0.29) is 5.91 Å². The molecule has 0 atom stereocenters. The lowest BCUT2D eigenvalue weighted by Crippen LogP contribution is -2.30. The van der Waals surface area contributed by atoms with Gasteiger partial charge in [-0.15, -0.1) is 0 Å². The predicted molar refractivity (Wildman–Crippen MR) is 84.6 cm³/mol. The van der Waals surface area contributed by atoms with Crippen molar-refractivity contribution in [2.45, 2.75) is 13.3 Å². The highest BCUT2D eigenvalue weighted by Gasteiger charge is 2.18. The maximum atomic E-state index is 12.3. The van der Waals surface area contributed by atoms with Crippen LogP contribution in [-0.2, 0) is 0 Å². The summed E-state index contributed by atoms with van der Waals surface area (Å²) in [6.07, 6.45) is 4.39. The van der Waals surface area contributed by atoms with Crippen LogP contribution < -0.4 is 10.6 Å². The quantitative estimate of drug-likeness (QED) is 0.850. The number of carbonyl (C=O) groups is 1. The monoisotopic (exact) mass is 297 g/mol. The number of aromatic nitrogens is 1. The Morgan fingerprint density at radius 2 is 2.18 bits per heavy atom. The van der Waals surface area contributed by atoms with Gasteiger partial charge in [0.05, 0.1) is 0 Å². The molecule has 22 heavy (non-hydrogen) atoms. The van der Waals surface area contributed by atoms with Crippen molar-refractivity contribution in [3.8, 4) is 11.3 Å². The van der Waals surface area contributed by atoms with Gasteiger partial charge >= 0.3 is 0 Å². The molecular weight excluding hydrogens is 278 g/mol. The maximum absolute atomic E-state index is 12.3. The molecule has 1 amide bonds. The van der Waals surface area contributed by atoms with Gasteiger partial charge in [-0.25, -0.2) is 4.98 Å². The molecule has 0 saturated carbocycles. The third-order valence-corrected chi connectivity index (χ3v) is 3.73. The van der Waals surface area contributed by atoms with E-state index in [1.54, 1.807) is 0 Å². The van der Waals surface area contributed by atoms with Crippen LogP contribution in [0.4, 0.5) is 0 Å². The van der Waals surface area contributed by atoms with Crippen molar-refractivity contribution in [3.05, 3.63) is 53.6 Å². The Morgan fingerprint density at radius 1 is 1.36 bits per heavy atom. The van der Waals surface area contributed by atoms with Crippen LogP contribution in [-0.4, -0.2) is 30.5 Å². The number of rotatable bonds is 4. The van der Waals surface area contributed by atoms with Crippen molar-refractivity contribution >= 4 is 5.91 Å². The van der Waals surface area contributed by atoms with Crippen LogP contribution in [0.1, 0.15) is 22.5 Å². The van der Waals surface area contributed by atoms with E-state index in [9.17, 15) is 4.79 Å². The van der Waals surface area contributed by atoms with Gasteiger partial charge in [-0.3, -0.25) is 4.79 Å². The van der Waals surface area contributed by atoms with Crippen LogP contribution >= 0.6 is 0 Å². The van der Waals surface area contributed by atoms with Gasteiger partial charge in [0.1, 0.15) is 0 Å². The third kappa shape index (κ3) is 3.26. The lowest BCUT2D eigenvalue weighted by molar-refractivity contribution is 0.0952. The number of carbonyl (C=O) groups excluding carboxylic acids is 1. The average molecular weight is 297 g/mol. The van der Waals surface area contributed by atoms with Crippen molar-refractivity contribution in [3.63, 3.8) is 0 Å². The zero-order valence-corrected chi connectivity index (χ0v) is 12.6. The molecular formula is C17H19N3O2. The Labute approximate surface area is 129 Å². The molecule has 1 aliphatic rings. The van der Waals surface area contributed by atoms with Crippen molar-refractivity contribution in [1.82, 2.24) is 15.6 Å². The first-order chi connectivity index (χ1) is 10.7. The zero-order chi connectivity index (χ0) is 15.4. The average Bonchev–Trinajstić information content (AvgIpc) is 3.04. The van der Waals surface area contributed by atoms with Crippen molar-refractivity contribution < 1.29 is 9.21 Å². The molecule has 114 valence electrons. The summed E-state index contributed by atoms with van der Waals surface area (Å²) in [7, 11) is 0. The largest absolute Gasteiger partial charge is 0.443 e. The molecule has 0 unspecified atom stereocenters.